The summed E-state index contributed by atoms with van der Waals surface area (Å²) in [4.78, 5) is 15.1. The number of aromatic hydroxyl groups is 1. The molecule has 3 rings (SSSR count). The summed E-state index contributed by atoms with van der Waals surface area (Å²) in [6, 6.07) is 9.53. The van der Waals surface area contributed by atoms with E-state index < -0.39 is 0 Å². The highest BCUT2D eigenvalue weighted by atomic mass is 16.5. The van der Waals surface area contributed by atoms with Gasteiger partial charge in [-0.2, -0.15) is 0 Å². The van der Waals surface area contributed by atoms with E-state index in [9.17, 15) is 9.90 Å². The second kappa shape index (κ2) is 7.34. The smallest absolute Gasteiger partial charge is 0.232 e. The van der Waals surface area contributed by atoms with Gasteiger partial charge in [-0.05, 0) is 55.8 Å². The van der Waals surface area contributed by atoms with Gasteiger partial charge in [0.2, 0.25) is 5.78 Å². The molecule has 0 saturated heterocycles. The molecule has 4 nitrogen and oxygen atoms in total. The minimum absolute atomic E-state index is 0.124. The zero-order valence-corrected chi connectivity index (χ0v) is 15.8. The molecule has 2 aromatic rings. The molecule has 4 heteroatoms. The van der Waals surface area contributed by atoms with E-state index in [1.807, 2.05) is 38.1 Å². The number of phenolic OH excluding ortho intramolecular Hbond substituents is 1. The molecule has 0 radical (unpaired) electrons. The second-order valence-electron chi connectivity index (χ2n) is 6.65. The highest BCUT2D eigenvalue weighted by molar-refractivity contribution is 6.15. The number of hydrogen-bond donors (Lipinski definition) is 1. The molecular weight excluding hydrogens is 326 g/mol. The van der Waals surface area contributed by atoms with Crippen LogP contribution in [0.4, 0.5) is 0 Å². The van der Waals surface area contributed by atoms with Crippen LogP contribution in [-0.4, -0.2) is 28.9 Å². The van der Waals surface area contributed by atoms with Crippen LogP contribution >= 0.6 is 0 Å². The van der Waals surface area contributed by atoms with Crippen LogP contribution in [0.25, 0.3) is 6.08 Å². The maximum absolute atomic E-state index is 12.9. The molecule has 136 valence electrons. The Bertz CT molecular complexity index is 879. The fourth-order valence-corrected chi connectivity index (χ4v) is 3.29. The third-order valence-electron chi connectivity index (χ3n) is 4.97. The van der Waals surface area contributed by atoms with E-state index in [1.165, 1.54) is 0 Å². The minimum Gasteiger partial charge on any atom is -0.507 e. The second-order valence-corrected chi connectivity index (χ2v) is 6.65. The molecule has 0 amide bonds. The van der Waals surface area contributed by atoms with Crippen LogP contribution in [-0.2, 0) is 6.54 Å². The van der Waals surface area contributed by atoms with Crippen LogP contribution in [0.15, 0.2) is 36.1 Å². The molecule has 1 aliphatic heterocycles. The first-order valence-electron chi connectivity index (χ1n) is 9.03. The molecule has 0 atom stereocenters. The number of phenols is 1. The van der Waals surface area contributed by atoms with Gasteiger partial charge in [-0.3, -0.25) is 9.69 Å². The number of ether oxygens (including phenoxy) is 1. The molecule has 0 aromatic heterocycles. The van der Waals surface area contributed by atoms with Gasteiger partial charge < -0.3 is 9.84 Å². The first-order chi connectivity index (χ1) is 12.5. The number of hydrogen-bond acceptors (Lipinski definition) is 4. The maximum atomic E-state index is 12.9. The summed E-state index contributed by atoms with van der Waals surface area (Å²) in [5.41, 5.74) is 4.01. The van der Waals surface area contributed by atoms with E-state index in [2.05, 4.69) is 18.7 Å². The highest BCUT2D eigenvalue weighted by Gasteiger charge is 2.33. The van der Waals surface area contributed by atoms with Crippen LogP contribution < -0.4 is 4.74 Å². The van der Waals surface area contributed by atoms with Crippen molar-refractivity contribution in [3.63, 3.8) is 0 Å². The molecule has 1 heterocycles. The lowest BCUT2D eigenvalue weighted by Crippen LogP contribution is -2.22. The van der Waals surface area contributed by atoms with Crippen LogP contribution in [0.5, 0.6) is 11.5 Å². The van der Waals surface area contributed by atoms with E-state index >= 15 is 0 Å². The van der Waals surface area contributed by atoms with Gasteiger partial charge in [-0.1, -0.05) is 38.1 Å². The largest absolute Gasteiger partial charge is 0.507 e. The lowest BCUT2D eigenvalue weighted by Gasteiger charge is -2.20. The van der Waals surface area contributed by atoms with Gasteiger partial charge >= 0.3 is 0 Å². The summed E-state index contributed by atoms with van der Waals surface area (Å²) in [5, 5.41) is 10.5. The van der Waals surface area contributed by atoms with Crippen LogP contribution in [0.3, 0.4) is 0 Å². The summed E-state index contributed by atoms with van der Waals surface area (Å²) in [6.07, 6.45) is 1.79. The first kappa shape index (κ1) is 18.2. The number of rotatable bonds is 5. The predicted octanol–water partition coefficient (Wildman–Crippen LogP) is 4.47. The third-order valence-corrected chi connectivity index (χ3v) is 4.97. The number of ketones is 1. The van der Waals surface area contributed by atoms with Gasteiger partial charge in [0.05, 0.1) is 11.1 Å². The van der Waals surface area contributed by atoms with Crippen molar-refractivity contribution in [3.8, 4) is 11.5 Å². The molecule has 1 N–H and O–H groups in total. The average Bonchev–Trinajstić information content (AvgIpc) is 2.94. The summed E-state index contributed by atoms with van der Waals surface area (Å²) in [5.74, 6) is 0.864. The molecule has 0 fully saturated rings. The standard InChI is InChI=1S/C22H25NO3/c1-5-23(6-2)13-17-18(24)11-15(4)20-21(25)19(26-22(17)20)12-16-10-8-7-9-14(16)3/h7-12,24H,5-6,13H2,1-4H3/b19-12-. The van der Waals surface area contributed by atoms with Crippen LogP contribution in [0.1, 0.15) is 46.5 Å². The highest BCUT2D eigenvalue weighted by Crippen LogP contribution is 2.42. The van der Waals surface area contributed by atoms with Crippen molar-refractivity contribution in [2.24, 2.45) is 0 Å². The molecule has 0 bridgehead atoms. The van der Waals surface area contributed by atoms with Crippen molar-refractivity contribution in [1.82, 2.24) is 4.90 Å². The van der Waals surface area contributed by atoms with E-state index in [-0.39, 0.29) is 11.5 Å². The maximum Gasteiger partial charge on any atom is 0.232 e. The third kappa shape index (κ3) is 3.25. The SMILES string of the molecule is CCN(CC)Cc1c(O)cc(C)c2c1O/C(=C\c1ccccc1C)C2=O. The Labute approximate surface area is 154 Å². The predicted molar refractivity (Wildman–Crippen MR) is 104 cm³/mol. The Kier molecular flexibility index (Phi) is 5.14. The van der Waals surface area contributed by atoms with Gasteiger partial charge in [0.25, 0.3) is 0 Å². The molecule has 2 aromatic carbocycles. The zero-order chi connectivity index (χ0) is 18.8. The minimum atomic E-state index is -0.124. The molecular formula is C22H25NO3. The number of allylic oxidation sites excluding steroid dienone is 1. The number of aryl methyl sites for hydroxylation is 2. The Morgan fingerprint density at radius 1 is 1.12 bits per heavy atom. The summed E-state index contributed by atoms with van der Waals surface area (Å²) < 4.78 is 5.99. The lowest BCUT2D eigenvalue weighted by atomic mass is 9.98. The van der Waals surface area contributed by atoms with Crippen molar-refractivity contribution < 1.29 is 14.6 Å². The van der Waals surface area contributed by atoms with Gasteiger partial charge in [0.1, 0.15) is 11.5 Å². The molecule has 0 spiro atoms. The number of benzene rings is 2. The van der Waals surface area contributed by atoms with Crippen molar-refractivity contribution in [2.75, 3.05) is 13.1 Å². The van der Waals surface area contributed by atoms with Gasteiger partial charge in [0, 0.05) is 6.54 Å². The zero-order valence-electron chi connectivity index (χ0n) is 15.8. The van der Waals surface area contributed by atoms with Crippen molar-refractivity contribution >= 4 is 11.9 Å². The first-order valence-corrected chi connectivity index (χ1v) is 9.03. The number of Topliss-reactive ketones (excluding diaryl/α,β-unsaturated/α-hetero) is 1. The molecule has 1 aliphatic rings. The number of carbonyl (C=O) groups excluding carboxylic acids is 1. The van der Waals surface area contributed by atoms with Crippen LogP contribution in [0.2, 0.25) is 0 Å². The van der Waals surface area contributed by atoms with E-state index in [0.29, 0.717) is 29.2 Å². The number of carbonyl (C=O) groups is 1. The lowest BCUT2D eigenvalue weighted by molar-refractivity contribution is 0.101. The van der Waals surface area contributed by atoms with E-state index in [0.717, 1.165) is 29.8 Å². The fraction of sp³-hybridized carbons (Fsp3) is 0.318. The Morgan fingerprint density at radius 2 is 1.81 bits per heavy atom. The quantitative estimate of drug-likeness (QED) is 0.808. The Hall–Kier alpha value is -2.59. The Morgan fingerprint density at radius 3 is 2.46 bits per heavy atom. The van der Waals surface area contributed by atoms with Gasteiger partial charge in [0.15, 0.2) is 5.76 Å². The molecule has 0 unspecified atom stereocenters. The summed E-state index contributed by atoms with van der Waals surface area (Å²) in [6.45, 7) is 10.2. The normalized spacial score (nSPS) is 14.8. The average molecular weight is 351 g/mol. The number of fused-ring (bicyclic) bond motifs is 1. The molecule has 26 heavy (non-hydrogen) atoms. The number of nitrogens with zero attached hydrogens (tertiary/aromatic N) is 1. The summed E-state index contributed by atoms with van der Waals surface area (Å²) in [7, 11) is 0. The van der Waals surface area contributed by atoms with Crippen molar-refractivity contribution in [2.45, 2.75) is 34.2 Å². The van der Waals surface area contributed by atoms with Gasteiger partial charge in [-0.25, -0.2) is 0 Å². The van der Waals surface area contributed by atoms with Crippen molar-refractivity contribution in [1.29, 1.82) is 0 Å². The topological polar surface area (TPSA) is 49.8 Å². The van der Waals surface area contributed by atoms with E-state index in [1.54, 1.807) is 12.1 Å². The van der Waals surface area contributed by atoms with Crippen molar-refractivity contribution in [3.05, 3.63) is 63.9 Å². The Balaban J connectivity index is 2.06. The van der Waals surface area contributed by atoms with Crippen LogP contribution in [0, 0.1) is 13.8 Å². The molecule has 0 saturated carbocycles. The van der Waals surface area contributed by atoms with Gasteiger partial charge in [-0.15, -0.1) is 0 Å². The molecule has 0 aliphatic carbocycles. The fourth-order valence-electron chi connectivity index (χ4n) is 3.29. The summed E-state index contributed by atoms with van der Waals surface area (Å²) >= 11 is 0. The monoisotopic (exact) mass is 351 g/mol. The van der Waals surface area contributed by atoms with E-state index in [4.69, 9.17) is 4.74 Å².